The highest BCUT2D eigenvalue weighted by atomic mass is 16.5. The monoisotopic (exact) mass is 333 g/mol. The van der Waals surface area contributed by atoms with Gasteiger partial charge in [-0.05, 0) is 32.9 Å². The maximum absolute atomic E-state index is 12.9. The quantitative estimate of drug-likeness (QED) is 0.873. The number of rotatable bonds is 5. The SMILES string of the molecule is Cc1ccc(CN(CCO)C(=O)c2n[nH]c3c2C[C@@H](C)O[C@H]3C)o1. The summed E-state index contributed by atoms with van der Waals surface area (Å²) < 4.78 is 11.3. The minimum absolute atomic E-state index is 0.0377. The third-order valence-electron chi connectivity index (χ3n) is 4.24. The molecule has 3 rings (SSSR count). The van der Waals surface area contributed by atoms with Gasteiger partial charge < -0.3 is 19.2 Å². The maximum atomic E-state index is 12.9. The molecule has 0 saturated carbocycles. The summed E-state index contributed by atoms with van der Waals surface area (Å²) in [6.45, 7) is 6.19. The Balaban J connectivity index is 1.85. The Bertz CT molecular complexity index is 721. The van der Waals surface area contributed by atoms with Gasteiger partial charge in [-0.25, -0.2) is 0 Å². The van der Waals surface area contributed by atoms with E-state index in [0.29, 0.717) is 24.4 Å². The van der Waals surface area contributed by atoms with Crippen molar-refractivity contribution in [1.29, 1.82) is 0 Å². The number of fused-ring (bicyclic) bond motifs is 1. The second-order valence-corrected chi connectivity index (χ2v) is 6.22. The van der Waals surface area contributed by atoms with Crippen LogP contribution in [0.15, 0.2) is 16.5 Å². The fourth-order valence-electron chi connectivity index (χ4n) is 3.13. The minimum atomic E-state index is -0.211. The van der Waals surface area contributed by atoms with Gasteiger partial charge in [-0.15, -0.1) is 0 Å². The smallest absolute Gasteiger partial charge is 0.275 e. The van der Waals surface area contributed by atoms with Crippen molar-refractivity contribution < 1.29 is 19.1 Å². The van der Waals surface area contributed by atoms with E-state index in [9.17, 15) is 9.90 Å². The summed E-state index contributed by atoms with van der Waals surface area (Å²) in [4.78, 5) is 14.5. The summed E-state index contributed by atoms with van der Waals surface area (Å²) in [6, 6.07) is 3.69. The van der Waals surface area contributed by atoms with Crippen LogP contribution in [0.5, 0.6) is 0 Å². The predicted octanol–water partition coefficient (Wildman–Crippen LogP) is 1.97. The third kappa shape index (κ3) is 3.22. The maximum Gasteiger partial charge on any atom is 0.275 e. The van der Waals surface area contributed by atoms with Crippen LogP contribution in [-0.4, -0.2) is 45.4 Å². The van der Waals surface area contributed by atoms with Crippen molar-refractivity contribution in [3.63, 3.8) is 0 Å². The van der Waals surface area contributed by atoms with Crippen LogP contribution in [0.1, 0.15) is 53.2 Å². The number of H-pyrrole nitrogens is 1. The highest BCUT2D eigenvalue weighted by Crippen LogP contribution is 2.30. The molecular weight excluding hydrogens is 310 g/mol. The lowest BCUT2D eigenvalue weighted by molar-refractivity contribution is -0.00703. The second kappa shape index (κ2) is 6.78. The summed E-state index contributed by atoms with van der Waals surface area (Å²) in [7, 11) is 0. The summed E-state index contributed by atoms with van der Waals surface area (Å²) in [5.74, 6) is 1.26. The van der Waals surface area contributed by atoms with Gasteiger partial charge >= 0.3 is 0 Å². The minimum Gasteiger partial charge on any atom is -0.464 e. The zero-order chi connectivity index (χ0) is 17.3. The Morgan fingerprint density at radius 2 is 2.25 bits per heavy atom. The van der Waals surface area contributed by atoms with E-state index in [-0.39, 0.29) is 31.3 Å². The van der Waals surface area contributed by atoms with Crippen LogP contribution >= 0.6 is 0 Å². The number of aliphatic hydroxyl groups is 1. The van der Waals surface area contributed by atoms with Crippen LogP contribution in [0.2, 0.25) is 0 Å². The molecule has 2 aromatic rings. The largest absolute Gasteiger partial charge is 0.464 e. The van der Waals surface area contributed by atoms with E-state index in [1.165, 1.54) is 0 Å². The Morgan fingerprint density at radius 1 is 1.46 bits per heavy atom. The molecule has 0 radical (unpaired) electrons. The number of aliphatic hydroxyl groups excluding tert-OH is 1. The molecule has 0 bridgehead atoms. The number of amides is 1. The van der Waals surface area contributed by atoms with E-state index in [0.717, 1.165) is 17.0 Å². The molecule has 0 aromatic carbocycles. The van der Waals surface area contributed by atoms with E-state index in [1.54, 1.807) is 4.90 Å². The van der Waals surface area contributed by atoms with Gasteiger partial charge in [0, 0.05) is 18.5 Å². The first-order valence-corrected chi connectivity index (χ1v) is 8.17. The van der Waals surface area contributed by atoms with Crippen molar-refractivity contribution in [2.24, 2.45) is 0 Å². The summed E-state index contributed by atoms with van der Waals surface area (Å²) in [6.07, 6.45) is 0.567. The molecule has 2 aromatic heterocycles. The molecule has 0 fully saturated rings. The van der Waals surface area contributed by atoms with Gasteiger partial charge in [0.1, 0.15) is 11.5 Å². The lowest BCUT2D eigenvalue weighted by atomic mass is 9.99. The Labute approximate surface area is 140 Å². The highest BCUT2D eigenvalue weighted by molar-refractivity contribution is 5.94. The van der Waals surface area contributed by atoms with Crippen LogP contribution in [0.25, 0.3) is 0 Å². The van der Waals surface area contributed by atoms with Gasteiger partial charge in [-0.2, -0.15) is 5.10 Å². The third-order valence-corrected chi connectivity index (χ3v) is 4.24. The predicted molar refractivity (Wildman–Crippen MR) is 86.5 cm³/mol. The Hall–Kier alpha value is -2.12. The average molecular weight is 333 g/mol. The van der Waals surface area contributed by atoms with Crippen molar-refractivity contribution in [1.82, 2.24) is 15.1 Å². The van der Waals surface area contributed by atoms with Crippen LogP contribution in [0, 0.1) is 6.92 Å². The number of furan rings is 1. The molecule has 1 aliphatic rings. The van der Waals surface area contributed by atoms with E-state index in [1.807, 2.05) is 32.9 Å². The first-order chi connectivity index (χ1) is 11.5. The van der Waals surface area contributed by atoms with Gasteiger partial charge in [0.2, 0.25) is 0 Å². The van der Waals surface area contributed by atoms with Gasteiger partial charge in [0.15, 0.2) is 5.69 Å². The van der Waals surface area contributed by atoms with Crippen molar-refractivity contribution in [2.75, 3.05) is 13.2 Å². The Morgan fingerprint density at radius 3 is 2.92 bits per heavy atom. The van der Waals surface area contributed by atoms with Crippen LogP contribution < -0.4 is 0 Å². The molecule has 0 saturated heterocycles. The number of carbonyl (C=O) groups is 1. The number of aromatic amines is 1. The van der Waals surface area contributed by atoms with Crippen molar-refractivity contribution in [3.8, 4) is 0 Å². The fourth-order valence-corrected chi connectivity index (χ4v) is 3.13. The van der Waals surface area contributed by atoms with E-state index < -0.39 is 0 Å². The van der Waals surface area contributed by atoms with Gasteiger partial charge in [0.25, 0.3) is 5.91 Å². The molecule has 2 N–H and O–H groups in total. The number of aromatic nitrogens is 2. The van der Waals surface area contributed by atoms with Gasteiger partial charge in [-0.1, -0.05) is 0 Å². The zero-order valence-electron chi connectivity index (χ0n) is 14.2. The molecule has 24 heavy (non-hydrogen) atoms. The van der Waals surface area contributed by atoms with E-state index >= 15 is 0 Å². The molecule has 1 amide bonds. The number of nitrogens with zero attached hydrogens (tertiary/aromatic N) is 2. The van der Waals surface area contributed by atoms with Gasteiger partial charge in [0.05, 0.1) is 31.1 Å². The van der Waals surface area contributed by atoms with Crippen molar-refractivity contribution in [3.05, 3.63) is 40.6 Å². The molecule has 7 heteroatoms. The molecule has 7 nitrogen and oxygen atoms in total. The second-order valence-electron chi connectivity index (χ2n) is 6.22. The summed E-state index contributed by atoms with van der Waals surface area (Å²) in [5, 5.41) is 16.5. The van der Waals surface area contributed by atoms with E-state index in [2.05, 4.69) is 10.2 Å². The zero-order valence-corrected chi connectivity index (χ0v) is 14.2. The molecule has 130 valence electrons. The van der Waals surface area contributed by atoms with Crippen LogP contribution in [0.3, 0.4) is 0 Å². The number of nitrogens with one attached hydrogen (secondary N) is 1. The Kier molecular flexibility index (Phi) is 4.73. The number of aryl methyl sites for hydroxylation is 1. The highest BCUT2D eigenvalue weighted by Gasteiger charge is 2.31. The number of hydrogen-bond acceptors (Lipinski definition) is 5. The van der Waals surface area contributed by atoms with Crippen molar-refractivity contribution >= 4 is 5.91 Å². The molecule has 0 spiro atoms. The molecule has 0 unspecified atom stereocenters. The molecule has 2 atom stereocenters. The molecule has 1 aliphatic heterocycles. The van der Waals surface area contributed by atoms with Crippen molar-refractivity contribution in [2.45, 2.75) is 45.9 Å². The average Bonchev–Trinajstić information content (AvgIpc) is 3.12. The number of hydrogen-bond donors (Lipinski definition) is 2. The normalized spacial score (nSPS) is 20.0. The fraction of sp³-hybridized carbons (Fsp3) is 0.529. The first kappa shape index (κ1) is 16.7. The topological polar surface area (TPSA) is 91.6 Å². The number of carbonyl (C=O) groups excluding carboxylic acids is 1. The van der Waals surface area contributed by atoms with Crippen LogP contribution in [-0.2, 0) is 17.7 Å². The lowest BCUT2D eigenvalue weighted by Crippen LogP contribution is -2.34. The standard InChI is InChI=1S/C17H23N3O4/c1-10-4-5-13(24-10)9-20(6-7-21)17(22)16-14-8-11(2)23-12(3)15(14)18-19-16/h4-5,11-12,21H,6-9H2,1-3H3,(H,18,19)/t11-,12+/m1/s1. The molecule has 3 heterocycles. The number of ether oxygens (including phenoxy) is 1. The molecular formula is C17H23N3O4. The van der Waals surface area contributed by atoms with Crippen LogP contribution in [0.4, 0.5) is 0 Å². The first-order valence-electron chi connectivity index (χ1n) is 8.17. The lowest BCUT2D eigenvalue weighted by Gasteiger charge is -2.26. The summed E-state index contributed by atoms with van der Waals surface area (Å²) >= 11 is 0. The summed E-state index contributed by atoms with van der Waals surface area (Å²) in [5.41, 5.74) is 2.17. The van der Waals surface area contributed by atoms with E-state index in [4.69, 9.17) is 9.15 Å². The molecule has 0 aliphatic carbocycles. The van der Waals surface area contributed by atoms with Gasteiger partial charge in [-0.3, -0.25) is 9.89 Å².